The summed E-state index contributed by atoms with van der Waals surface area (Å²) in [5, 5.41) is 3.58. The molecule has 2 atom stereocenters. The van der Waals surface area contributed by atoms with Crippen LogP contribution in [0.5, 0.6) is 0 Å². The van der Waals surface area contributed by atoms with E-state index >= 15 is 0 Å². The molecule has 1 heteroatoms. The van der Waals surface area contributed by atoms with Crippen molar-refractivity contribution in [3.05, 3.63) is 35.9 Å². The highest BCUT2D eigenvalue weighted by molar-refractivity contribution is 5.15. The Bertz CT molecular complexity index is 262. The third-order valence-electron chi connectivity index (χ3n) is 3.19. The normalized spacial score (nSPS) is 23.6. The summed E-state index contributed by atoms with van der Waals surface area (Å²) in [5.41, 5.74) is 1.47. The summed E-state index contributed by atoms with van der Waals surface area (Å²) >= 11 is 0. The topological polar surface area (TPSA) is 12.0 Å². The summed E-state index contributed by atoms with van der Waals surface area (Å²) in [4.78, 5) is 0. The standard InChI is InChI=1S/C13H19N/c1-11(13-8-5-9-14-13)10-12-6-3-2-4-7-12/h2-4,6-7,11,13-14H,5,8-10H2,1H3. The Balaban J connectivity index is 1.90. The first-order valence-corrected chi connectivity index (χ1v) is 5.63. The monoisotopic (exact) mass is 189 g/mol. The average Bonchev–Trinajstić information content (AvgIpc) is 2.72. The van der Waals surface area contributed by atoms with Crippen molar-refractivity contribution in [3.63, 3.8) is 0 Å². The highest BCUT2D eigenvalue weighted by Crippen LogP contribution is 2.18. The maximum Gasteiger partial charge on any atom is 0.00963 e. The fraction of sp³-hybridized carbons (Fsp3) is 0.538. The van der Waals surface area contributed by atoms with Crippen molar-refractivity contribution < 1.29 is 0 Å². The second-order valence-corrected chi connectivity index (χ2v) is 4.37. The first kappa shape index (κ1) is 9.72. The summed E-state index contributed by atoms with van der Waals surface area (Å²) in [5.74, 6) is 0.764. The lowest BCUT2D eigenvalue weighted by Gasteiger charge is -2.19. The first-order chi connectivity index (χ1) is 6.86. The molecule has 1 aliphatic heterocycles. The Hall–Kier alpha value is -0.820. The van der Waals surface area contributed by atoms with Crippen LogP contribution in [0.3, 0.4) is 0 Å². The lowest BCUT2D eigenvalue weighted by Crippen LogP contribution is -2.29. The molecule has 1 nitrogen and oxygen atoms in total. The minimum absolute atomic E-state index is 0.746. The summed E-state index contributed by atoms with van der Waals surface area (Å²) in [6.07, 6.45) is 3.91. The predicted octanol–water partition coefficient (Wildman–Crippen LogP) is 2.62. The summed E-state index contributed by atoms with van der Waals surface area (Å²) in [6, 6.07) is 11.5. The lowest BCUT2D eigenvalue weighted by molar-refractivity contribution is 0.417. The van der Waals surface area contributed by atoms with Gasteiger partial charge in [0.05, 0.1) is 0 Å². The van der Waals surface area contributed by atoms with Crippen molar-refractivity contribution >= 4 is 0 Å². The van der Waals surface area contributed by atoms with E-state index in [1.807, 2.05) is 0 Å². The van der Waals surface area contributed by atoms with Crippen molar-refractivity contribution in [2.45, 2.75) is 32.2 Å². The van der Waals surface area contributed by atoms with Gasteiger partial charge in [-0.3, -0.25) is 0 Å². The number of hydrogen-bond acceptors (Lipinski definition) is 1. The Morgan fingerprint density at radius 2 is 2.14 bits per heavy atom. The Kier molecular flexibility index (Phi) is 3.20. The van der Waals surface area contributed by atoms with Crippen LogP contribution in [0.4, 0.5) is 0 Å². The molecule has 0 spiro atoms. The van der Waals surface area contributed by atoms with Gasteiger partial charge in [-0.05, 0) is 37.3 Å². The van der Waals surface area contributed by atoms with Gasteiger partial charge >= 0.3 is 0 Å². The molecule has 1 heterocycles. The molecule has 1 fully saturated rings. The summed E-state index contributed by atoms with van der Waals surface area (Å²) in [7, 11) is 0. The molecule has 0 aromatic heterocycles. The van der Waals surface area contributed by atoms with Crippen molar-refractivity contribution in [1.82, 2.24) is 5.32 Å². The van der Waals surface area contributed by atoms with Crippen molar-refractivity contribution in [1.29, 1.82) is 0 Å². The fourth-order valence-electron chi connectivity index (χ4n) is 2.33. The molecule has 1 aromatic rings. The Labute approximate surface area is 86.5 Å². The molecular weight excluding hydrogens is 170 g/mol. The molecule has 2 rings (SSSR count). The zero-order valence-electron chi connectivity index (χ0n) is 8.87. The Morgan fingerprint density at radius 3 is 2.79 bits per heavy atom. The summed E-state index contributed by atoms with van der Waals surface area (Å²) < 4.78 is 0. The third kappa shape index (κ3) is 2.36. The molecular formula is C13H19N. The SMILES string of the molecule is CC(Cc1ccccc1)C1CCCN1. The van der Waals surface area contributed by atoms with Gasteiger partial charge in [-0.2, -0.15) is 0 Å². The molecule has 0 amide bonds. The zero-order valence-corrected chi connectivity index (χ0v) is 8.87. The molecule has 0 saturated carbocycles. The van der Waals surface area contributed by atoms with E-state index in [1.54, 1.807) is 0 Å². The first-order valence-electron chi connectivity index (χ1n) is 5.63. The van der Waals surface area contributed by atoms with E-state index in [4.69, 9.17) is 0 Å². The van der Waals surface area contributed by atoms with Gasteiger partial charge in [-0.25, -0.2) is 0 Å². The molecule has 1 aliphatic rings. The van der Waals surface area contributed by atoms with Crippen LogP contribution in [0, 0.1) is 5.92 Å². The van der Waals surface area contributed by atoms with Gasteiger partial charge in [0.1, 0.15) is 0 Å². The van der Waals surface area contributed by atoms with Crippen LogP contribution < -0.4 is 5.32 Å². The van der Waals surface area contributed by atoms with E-state index in [1.165, 1.54) is 31.4 Å². The van der Waals surface area contributed by atoms with Crippen LogP contribution in [-0.2, 0) is 6.42 Å². The van der Waals surface area contributed by atoms with Gasteiger partial charge in [0.25, 0.3) is 0 Å². The van der Waals surface area contributed by atoms with E-state index < -0.39 is 0 Å². The van der Waals surface area contributed by atoms with Gasteiger partial charge < -0.3 is 5.32 Å². The molecule has 14 heavy (non-hydrogen) atoms. The molecule has 76 valence electrons. The maximum absolute atomic E-state index is 3.58. The van der Waals surface area contributed by atoms with E-state index in [0.717, 1.165) is 12.0 Å². The third-order valence-corrected chi connectivity index (χ3v) is 3.19. The smallest absolute Gasteiger partial charge is 0.00963 e. The van der Waals surface area contributed by atoms with E-state index in [-0.39, 0.29) is 0 Å². The van der Waals surface area contributed by atoms with Crippen LogP contribution in [0.25, 0.3) is 0 Å². The van der Waals surface area contributed by atoms with Crippen LogP contribution in [0.15, 0.2) is 30.3 Å². The largest absolute Gasteiger partial charge is 0.314 e. The molecule has 1 N–H and O–H groups in total. The average molecular weight is 189 g/mol. The van der Waals surface area contributed by atoms with Crippen molar-refractivity contribution in [2.24, 2.45) is 5.92 Å². The molecule has 0 bridgehead atoms. The lowest BCUT2D eigenvalue weighted by atomic mass is 9.93. The van der Waals surface area contributed by atoms with Crippen LogP contribution >= 0.6 is 0 Å². The molecule has 1 aromatic carbocycles. The highest BCUT2D eigenvalue weighted by atomic mass is 14.9. The zero-order chi connectivity index (χ0) is 9.80. The van der Waals surface area contributed by atoms with Crippen LogP contribution in [0.2, 0.25) is 0 Å². The van der Waals surface area contributed by atoms with Gasteiger partial charge in [-0.1, -0.05) is 37.3 Å². The van der Waals surface area contributed by atoms with E-state index in [9.17, 15) is 0 Å². The predicted molar refractivity (Wildman–Crippen MR) is 60.3 cm³/mol. The van der Waals surface area contributed by atoms with Gasteiger partial charge in [0.15, 0.2) is 0 Å². The number of benzene rings is 1. The van der Waals surface area contributed by atoms with E-state index in [2.05, 4.69) is 42.6 Å². The highest BCUT2D eigenvalue weighted by Gasteiger charge is 2.20. The Morgan fingerprint density at radius 1 is 1.36 bits per heavy atom. The minimum Gasteiger partial charge on any atom is -0.314 e. The fourth-order valence-corrected chi connectivity index (χ4v) is 2.33. The van der Waals surface area contributed by atoms with E-state index in [0.29, 0.717) is 0 Å². The van der Waals surface area contributed by atoms with Crippen LogP contribution in [-0.4, -0.2) is 12.6 Å². The van der Waals surface area contributed by atoms with Gasteiger partial charge in [0, 0.05) is 6.04 Å². The molecule has 2 unspecified atom stereocenters. The molecule has 0 aliphatic carbocycles. The second kappa shape index (κ2) is 4.61. The van der Waals surface area contributed by atoms with Crippen LogP contribution in [0.1, 0.15) is 25.3 Å². The van der Waals surface area contributed by atoms with Crippen molar-refractivity contribution in [3.8, 4) is 0 Å². The van der Waals surface area contributed by atoms with Gasteiger partial charge in [0.2, 0.25) is 0 Å². The van der Waals surface area contributed by atoms with Crippen molar-refractivity contribution in [2.75, 3.05) is 6.54 Å². The van der Waals surface area contributed by atoms with Gasteiger partial charge in [-0.15, -0.1) is 0 Å². The quantitative estimate of drug-likeness (QED) is 0.770. The summed E-state index contributed by atoms with van der Waals surface area (Å²) in [6.45, 7) is 3.57. The molecule has 0 radical (unpaired) electrons. The maximum atomic E-state index is 3.58. The number of nitrogens with one attached hydrogen (secondary N) is 1. The molecule has 1 saturated heterocycles. The minimum atomic E-state index is 0.746. The number of hydrogen-bond donors (Lipinski definition) is 1. The number of rotatable bonds is 3. The second-order valence-electron chi connectivity index (χ2n) is 4.37.